The average molecular weight is 292 g/mol. The maximum atomic E-state index is 12.3. The number of carboxylic acid groups (broad SMARTS) is 1. The van der Waals surface area contributed by atoms with Crippen molar-refractivity contribution in [1.82, 2.24) is 5.32 Å². The Morgan fingerprint density at radius 1 is 1.48 bits per heavy atom. The molecule has 112 valence electrons. The predicted octanol–water partition coefficient (Wildman–Crippen LogP) is 0.651. The molecule has 0 spiro atoms. The summed E-state index contributed by atoms with van der Waals surface area (Å²) in [4.78, 5) is 34.6. The number of carbonyl (C=O) groups excluding carboxylic acids is 2. The van der Waals surface area contributed by atoms with Crippen LogP contribution in [-0.4, -0.2) is 42.0 Å². The van der Waals surface area contributed by atoms with Gasteiger partial charge in [0.2, 0.25) is 0 Å². The second-order valence-corrected chi connectivity index (χ2v) is 4.76. The number of carboxylic acids is 1. The van der Waals surface area contributed by atoms with Crippen LogP contribution in [0.2, 0.25) is 0 Å². The fourth-order valence-corrected chi connectivity index (χ4v) is 2.06. The molecule has 0 aliphatic carbocycles. The fraction of sp³-hybridized carbons (Fsp3) is 0.357. The fourth-order valence-electron chi connectivity index (χ4n) is 2.06. The number of nitrogens with one attached hydrogen (secondary N) is 2. The molecule has 7 heteroatoms. The number of fused-ring (bicyclic) bond motifs is 1. The number of rotatable bonds is 5. The van der Waals surface area contributed by atoms with Crippen molar-refractivity contribution < 1.29 is 24.2 Å². The summed E-state index contributed by atoms with van der Waals surface area (Å²) in [6.45, 7) is 1.63. The summed E-state index contributed by atoms with van der Waals surface area (Å²) in [6, 6.07) is 3.82. The minimum Gasteiger partial charge on any atom is -0.481 e. The Bertz CT molecular complexity index is 599. The lowest BCUT2D eigenvalue weighted by Crippen LogP contribution is -2.37. The van der Waals surface area contributed by atoms with Gasteiger partial charge in [-0.25, -0.2) is 0 Å². The molecule has 1 aliphatic heterocycles. The van der Waals surface area contributed by atoms with Crippen LogP contribution in [0.1, 0.15) is 23.7 Å². The van der Waals surface area contributed by atoms with Crippen LogP contribution in [0.4, 0.5) is 5.69 Å². The first-order chi connectivity index (χ1) is 9.92. The molecule has 0 saturated heterocycles. The number of benzene rings is 1. The highest BCUT2D eigenvalue weighted by Crippen LogP contribution is 2.30. The van der Waals surface area contributed by atoms with Crippen molar-refractivity contribution in [2.45, 2.75) is 25.5 Å². The molecule has 0 fully saturated rings. The molecular weight excluding hydrogens is 276 g/mol. The molecule has 2 unspecified atom stereocenters. The minimum absolute atomic E-state index is 0.289. The molecular formula is C14H16N2O5. The molecule has 21 heavy (non-hydrogen) atoms. The van der Waals surface area contributed by atoms with E-state index in [1.54, 1.807) is 19.1 Å². The molecule has 2 atom stereocenters. The van der Waals surface area contributed by atoms with Crippen LogP contribution < -0.4 is 15.4 Å². The maximum absolute atomic E-state index is 12.3. The first kappa shape index (κ1) is 15.0. The van der Waals surface area contributed by atoms with Gasteiger partial charge in [-0.1, -0.05) is 0 Å². The van der Waals surface area contributed by atoms with Gasteiger partial charge in [0.1, 0.15) is 5.75 Å². The minimum atomic E-state index is -1.06. The van der Waals surface area contributed by atoms with Crippen molar-refractivity contribution in [2.24, 2.45) is 0 Å². The van der Waals surface area contributed by atoms with Gasteiger partial charge in [0, 0.05) is 5.56 Å². The van der Waals surface area contributed by atoms with Gasteiger partial charge in [-0.2, -0.15) is 0 Å². The topological polar surface area (TPSA) is 105 Å². The van der Waals surface area contributed by atoms with Crippen LogP contribution >= 0.6 is 0 Å². The zero-order valence-corrected chi connectivity index (χ0v) is 11.7. The van der Waals surface area contributed by atoms with Gasteiger partial charge in [-0.05, 0) is 32.2 Å². The SMILES string of the molecule is CNC(CC(=O)O)C(=O)c1ccc2c(c1)NC(=O)C(C)O2. The Kier molecular flexibility index (Phi) is 4.23. The van der Waals surface area contributed by atoms with E-state index in [1.807, 2.05) is 0 Å². The van der Waals surface area contributed by atoms with Crippen LogP contribution in [0.15, 0.2) is 18.2 Å². The van der Waals surface area contributed by atoms with Crippen LogP contribution in [-0.2, 0) is 9.59 Å². The third-order valence-electron chi connectivity index (χ3n) is 3.24. The standard InChI is InChI=1S/C14H16N2O5/c1-7-14(20)16-9-5-8(3-4-11(9)21-7)13(19)10(15-2)6-12(17)18/h3-5,7,10,15H,6H2,1-2H3,(H,16,20)(H,17,18). The number of ether oxygens (including phenoxy) is 1. The average Bonchev–Trinajstić information content (AvgIpc) is 2.44. The molecule has 2 rings (SSSR count). The zero-order valence-electron chi connectivity index (χ0n) is 11.7. The van der Waals surface area contributed by atoms with Gasteiger partial charge in [0.15, 0.2) is 11.9 Å². The molecule has 1 aliphatic rings. The number of carbonyl (C=O) groups is 3. The van der Waals surface area contributed by atoms with Crippen molar-refractivity contribution >= 4 is 23.3 Å². The number of aliphatic carboxylic acids is 1. The molecule has 0 bridgehead atoms. The lowest BCUT2D eigenvalue weighted by atomic mass is 10.0. The van der Waals surface area contributed by atoms with Gasteiger partial charge in [0.05, 0.1) is 18.2 Å². The van der Waals surface area contributed by atoms with E-state index < -0.39 is 18.1 Å². The van der Waals surface area contributed by atoms with Gasteiger partial charge in [-0.3, -0.25) is 14.4 Å². The van der Waals surface area contributed by atoms with Crippen LogP contribution in [0.5, 0.6) is 5.75 Å². The second kappa shape index (κ2) is 5.92. The van der Waals surface area contributed by atoms with Crippen LogP contribution in [0.25, 0.3) is 0 Å². The smallest absolute Gasteiger partial charge is 0.305 e. The van der Waals surface area contributed by atoms with Crippen molar-refractivity contribution in [3.8, 4) is 5.75 Å². The third kappa shape index (κ3) is 3.19. The highest BCUT2D eigenvalue weighted by molar-refractivity contribution is 6.04. The van der Waals surface area contributed by atoms with E-state index >= 15 is 0 Å². The largest absolute Gasteiger partial charge is 0.481 e. The van der Waals surface area contributed by atoms with E-state index in [2.05, 4.69) is 10.6 Å². The molecule has 1 aromatic carbocycles. The molecule has 1 aromatic rings. The Balaban J connectivity index is 2.25. The first-order valence-electron chi connectivity index (χ1n) is 6.47. The molecule has 7 nitrogen and oxygen atoms in total. The van der Waals surface area contributed by atoms with Crippen molar-refractivity contribution in [2.75, 3.05) is 12.4 Å². The van der Waals surface area contributed by atoms with Crippen molar-refractivity contribution in [3.63, 3.8) is 0 Å². The molecule has 1 amide bonds. The molecule has 0 saturated carbocycles. The third-order valence-corrected chi connectivity index (χ3v) is 3.24. The van der Waals surface area contributed by atoms with Gasteiger partial charge in [0.25, 0.3) is 5.91 Å². The molecule has 0 aromatic heterocycles. The van der Waals surface area contributed by atoms with E-state index in [9.17, 15) is 14.4 Å². The number of likely N-dealkylation sites (N-methyl/N-ethyl adjacent to an activating group) is 1. The molecule has 3 N–H and O–H groups in total. The summed E-state index contributed by atoms with van der Waals surface area (Å²) in [7, 11) is 1.52. The lowest BCUT2D eigenvalue weighted by molar-refractivity contribution is -0.137. The van der Waals surface area contributed by atoms with Crippen molar-refractivity contribution in [3.05, 3.63) is 23.8 Å². The number of amides is 1. The maximum Gasteiger partial charge on any atom is 0.305 e. The normalized spacial score (nSPS) is 18.2. The summed E-state index contributed by atoms with van der Waals surface area (Å²) in [5.74, 6) is -1.22. The van der Waals surface area contributed by atoms with Crippen LogP contribution in [0.3, 0.4) is 0 Å². The number of Topliss-reactive ketones (excluding diaryl/α,β-unsaturated/α-hetero) is 1. The number of ketones is 1. The Morgan fingerprint density at radius 2 is 2.19 bits per heavy atom. The van der Waals surface area contributed by atoms with E-state index in [4.69, 9.17) is 9.84 Å². The van der Waals surface area contributed by atoms with Crippen molar-refractivity contribution in [1.29, 1.82) is 0 Å². The first-order valence-corrected chi connectivity index (χ1v) is 6.47. The Hall–Kier alpha value is -2.41. The lowest BCUT2D eigenvalue weighted by Gasteiger charge is -2.24. The number of anilines is 1. The monoisotopic (exact) mass is 292 g/mol. The predicted molar refractivity (Wildman–Crippen MR) is 74.6 cm³/mol. The Morgan fingerprint density at radius 3 is 2.81 bits per heavy atom. The number of hydrogen-bond donors (Lipinski definition) is 3. The second-order valence-electron chi connectivity index (χ2n) is 4.76. The molecule has 1 heterocycles. The highest BCUT2D eigenvalue weighted by Gasteiger charge is 2.26. The summed E-state index contributed by atoms with van der Waals surface area (Å²) in [5, 5.41) is 14.1. The summed E-state index contributed by atoms with van der Waals surface area (Å²) in [6.07, 6.45) is -0.900. The van der Waals surface area contributed by atoms with E-state index in [0.717, 1.165) is 0 Å². The highest BCUT2D eigenvalue weighted by atomic mass is 16.5. The van der Waals surface area contributed by atoms with Gasteiger partial charge < -0.3 is 20.5 Å². The summed E-state index contributed by atoms with van der Waals surface area (Å²) in [5.41, 5.74) is 0.724. The van der Waals surface area contributed by atoms with E-state index in [1.165, 1.54) is 13.1 Å². The van der Waals surface area contributed by atoms with Gasteiger partial charge in [-0.15, -0.1) is 0 Å². The van der Waals surface area contributed by atoms with Gasteiger partial charge >= 0.3 is 5.97 Å². The van der Waals surface area contributed by atoms with E-state index in [0.29, 0.717) is 17.0 Å². The van der Waals surface area contributed by atoms with Crippen LogP contribution in [0, 0.1) is 0 Å². The van der Waals surface area contributed by atoms with E-state index in [-0.39, 0.29) is 18.1 Å². The zero-order chi connectivity index (χ0) is 15.6. The summed E-state index contributed by atoms with van der Waals surface area (Å²) < 4.78 is 5.40. The summed E-state index contributed by atoms with van der Waals surface area (Å²) >= 11 is 0. The molecule has 0 radical (unpaired) electrons. The Labute approximate surface area is 121 Å². The quantitative estimate of drug-likeness (QED) is 0.688. The number of hydrogen-bond acceptors (Lipinski definition) is 5.